The number of hydrogen-bond donors (Lipinski definition) is 2. The van der Waals surface area contributed by atoms with Crippen molar-refractivity contribution in [3.05, 3.63) is 29.6 Å². The number of amides is 1. The summed E-state index contributed by atoms with van der Waals surface area (Å²) in [6.45, 7) is 6.68. The maximum absolute atomic E-state index is 11.9. The molecule has 2 rings (SSSR count). The number of hydrogen-bond acceptors (Lipinski definition) is 3. The minimum atomic E-state index is -0.987. The Bertz CT molecular complexity index is 689. The van der Waals surface area contributed by atoms with Crippen molar-refractivity contribution >= 4 is 22.9 Å². The molecule has 0 saturated carbocycles. The van der Waals surface area contributed by atoms with Gasteiger partial charge < -0.3 is 15.0 Å². The molecule has 0 radical (unpaired) electrons. The van der Waals surface area contributed by atoms with Gasteiger partial charge in [0.2, 0.25) is 5.91 Å². The van der Waals surface area contributed by atoms with Crippen molar-refractivity contribution in [2.24, 2.45) is 5.92 Å². The lowest BCUT2D eigenvalue weighted by Crippen LogP contribution is -2.30. The number of aromatic nitrogens is 2. The summed E-state index contributed by atoms with van der Waals surface area (Å²) in [5.74, 6) is 0.0205. The summed E-state index contributed by atoms with van der Waals surface area (Å²) in [5, 5.41) is 11.8. The molecule has 6 nitrogen and oxygen atoms in total. The van der Waals surface area contributed by atoms with Crippen LogP contribution >= 0.6 is 0 Å². The van der Waals surface area contributed by atoms with Gasteiger partial charge in [0.15, 0.2) is 0 Å². The number of imidazole rings is 1. The minimum absolute atomic E-state index is 0.0755. The van der Waals surface area contributed by atoms with E-state index in [1.165, 1.54) is 12.1 Å². The van der Waals surface area contributed by atoms with Crippen LogP contribution in [-0.4, -0.2) is 33.1 Å². The molecule has 0 bridgehead atoms. The summed E-state index contributed by atoms with van der Waals surface area (Å²) >= 11 is 0. The van der Waals surface area contributed by atoms with Crippen LogP contribution in [-0.2, 0) is 11.3 Å². The molecule has 0 unspecified atom stereocenters. The average molecular weight is 289 g/mol. The predicted octanol–water partition coefficient (Wildman–Crippen LogP) is 1.82. The molecule has 1 aromatic heterocycles. The maximum Gasteiger partial charge on any atom is 0.335 e. The number of rotatable bonds is 5. The van der Waals surface area contributed by atoms with Crippen molar-refractivity contribution in [1.29, 1.82) is 0 Å². The van der Waals surface area contributed by atoms with Crippen LogP contribution < -0.4 is 5.32 Å². The molecule has 0 aliphatic heterocycles. The van der Waals surface area contributed by atoms with Crippen LogP contribution in [0.5, 0.6) is 0 Å². The van der Waals surface area contributed by atoms with E-state index >= 15 is 0 Å². The second-order valence-electron chi connectivity index (χ2n) is 5.45. The molecular formula is C15H19N3O3. The highest BCUT2D eigenvalue weighted by Gasteiger charge is 2.13. The second-order valence-corrected chi connectivity index (χ2v) is 5.45. The molecule has 0 aliphatic carbocycles. The van der Waals surface area contributed by atoms with Crippen LogP contribution in [0.2, 0.25) is 0 Å². The largest absolute Gasteiger partial charge is 0.478 e. The quantitative estimate of drug-likeness (QED) is 0.879. The van der Waals surface area contributed by atoms with Crippen molar-refractivity contribution in [2.45, 2.75) is 27.3 Å². The van der Waals surface area contributed by atoms with Crippen molar-refractivity contribution in [3.8, 4) is 0 Å². The van der Waals surface area contributed by atoms with Crippen LogP contribution in [0.1, 0.15) is 30.0 Å². The summed E-state index contributed by atoms with van der Waals surface area (Å²) < 4.78 is 1.79. The molecular weight excluding hydrogens is 270 g/mol. The first-order valence-electron chi connectivity index (χ1n) is 6.85. The molecule has 0 atom stereocenters. The summed E-state index contributed by atoms with van der Waals surface area (Å²) in [5.41, 5.74) is 1.54. The van der Waals surface area contributed by atoms with Gasteiger partial charge in [0, 0.05) is 6.54 Å². The lowest BCUT2D eigenvalue weighted by Gasteiger charge is -2.10. The SMILES string of the molecule is Cc1nc2cc(C(=O)O)ccc2n1CC(=O)NCC(C)C. The van der Waals surface area contributed by atoms with Gasteiger partial charge >= 0.3 is 5.97 Å². The zero-order valence-electron chi connectivity index (χ0n) is 12.4. The standard InChI is InChI=1S/C15H19N3O3/c1-9(2)7-16-14(19)8-18-10(3)17-12-6-11(15(20)21)4-5-13(12)18/h4-6,9H,7-8H2,1-3H3,(H,16,19)(H,20,21). The third kappa shape index (κ3) is 3.39. The third-order valence-electron chi connectivity index (χ3n) is 3.20. The fraction of sp³-hybridized carbons (Fsp3) is 0.400. The van der Waals surface area contributed by atoms with Gasteiger partial charge in [-0.15, -0.1) is 0 Å². The third-order valence-corrected chi connectivity index (χ3v) is 3.20. The Morgan fingerprint density at radius 2 is 2.10 bits per heavy atom. The molecule has 112 valence electrons. The van der Waals surface area contributed by atoms with Crippen molar-refractivity contribution in [2.75, 3.05) is 6.54 Å². The van der Waals surface area contributed by atoms with E-state index in [0.29, 0.717) is 23.8 Å². The number of nitrogens with one attached hydrogen (secondary N) is 1. The zero-order valence-corrected chi connectivity index (χ0v) is 12.4. The van der Waals surface area contributed by atoms with Gasteiger partial charge in [-0.2, -0.15) is 0 Å². The highest BCUT2D eigenvalue weighted by atomic mass is 16.4. The molecule has 1 amide bonds. The summed E-state index contributed by atoms with van der Waals surface area (Å²) in [6, 6.07) is 4.73. The first-order valence-corrected chi connectivity index (χ1v) is 6.85. The molecule has 0 spiro atoms. The number of fused-ring (bicyclic) bond motifs is 1. The molecule has 21 heavy (non-hydrogen) atoms. The zero-order chi connectivity index (χ0) is 15.6. The van der Waals surface area contributed by atoms with E-state index in [-0.39, 0.29) is 18.0 Å². The molecule has 1 heterocycles. The Morgan fingerprint density at radius 3 is 2.71 bits per heavy atom. The average Bonchev–Trinajstić information content (AvgIpc) is 2.72. The van der Waals surface area contributed by atoms with E-state index in [4.69, 9.17) is 5.11 Å². The molecule has 2 N–H and O–H groups in total. The number of aromatic carboxylic acids is 1. The molecule has 0 aliphatic rings. The Balaban J connectivity index is 2.26. The topological polar surface area (TPSA) is 84.2 Å². The minimum Gasteiger partial charge on any atom is -0.478 e. The van der Waals surface area contributed by atoms with E-state index in [1.54, 1.807) is 17.6 Å². The molecule has 6 heteroatoms. The summed E-state index contributed by atoms with van der Waals surface area (Å²) in [4.78, 5) is 27.2. The van der Waals surface area contributed by atoms with Crippen molar-refractivity contribution in [1.82, 2.24) is 14.9 Å². The second kappa shape index (κ2) is 5.95. The molecule has 2 aromatic rings. The number of carboxylic acids is 1. The van der Waals surface area contributed by atoms with Gasteiger partial charge in [-0.3, -0.25) is 4.79 Å². The predicted molar refractivity (Wildman–Crippen MR) is 79.3 cm³/mol. The molecule has 0 saturated heterocycles. The number of carbonyl (C=O) groups excluding carboxylic acids is 1. The van der Waals surface area contributed by atoms with E-state index in [2.05, 4.69) is 10.3 Å². The first-order chi connectivity index (χ1) is 9.88. The monoisotopic (exact) mass is 289 g/mol. The number of nitrogens with zero attached hydrogens (tertiary/aromatic N) is 2. The van der Waals surface area contributed by atoms with Crippen LogP contribution in [0.15, 0.2) is 18.2 Å². The Morgan fingerprint density at radius 1 is 1.38 bits per heavy atom. The Kier molecular flexibility index (Phi) is 4.26. The lowest BCUT2D eigenvalue weighted by atomic mass is 10.2. The fourth-order valence-corrected chi connectivity index (χ4v) is 2.10. The Labute approximate surface area is 122 Å². The van der Waals surface area contributed by atoms with E-state index < -0.39 is 5.97 Å². The van der Waals surface area contributed by atoms with E-state index in [1.807, 2.05) is 13.8 Å². The number of carboxylic acid groups (broad SMARTS) is 1. The summed E-state index contributed by atoms with van der Waals surface area (Å²) in [7, 11) is 0. The van der Waals surface area contributed by atoms with Crippen LogP contribution in [0.25, 0.3) is 11.0 Å². The number of aryl methyl sites for hydroxylation is 1. The Hall–Kier alpha value is -2.37. The maximum atomic E-state index is 11.9. The molecule has 0 fully saturated rings. The lowest BCUT2D eigenvalue weighted by molar-refractivity contribution is -0.121. The van der Waals surface area contributed by atoms with Crippen molar-refractivity contribution < 1.29 is 14.7 Å². The number of benzene rings is 1. The van der Waals surface area contributed by atoms with E-state index in [0.717, 1.165) is 5.52 Å². The van der Waals surface area contributed by atoms with Crippen LogP contribution in [0, 0.1) is 12.8 Å². The van der Waals surface area contributed by atoms with E-state index in [9.17, 15) is 9.59 Å². The fourth-order valence-electron chi connectivity index (χ4n) is 2.10. The smallest absolute Gasteiger partial charge is 0.335 e. The van der Waals surface area contributed by atoms with Gasteiger partial charge in [0.25, 0.3) is 0 Å². The van der Waals surface area contributed by atoms with Gasteiger partial charge in [-0.05, 0) is 31.0 Å². The van der Waals surface area contributed by atoms with Gasteiger partial charge in [-0.25, -0.2) is 9.78 Å². The van der Waals surface area contributed by atoms with Crippen LogP contribution in [0.3, 0.4) is 0 Å². The van der Waals surface area contributed by atoms with Gasteiger partial charge in [0.05, 0.1) is 16.6 Å². The molecule has 1 aromatic carbocycles. The normalized spacial score (nSPS) is 11.0. The van der Waals surface area contributed by atoms with Crippen molar-refractivity contribution in [3.63, 3.8) is 0 Å². The number of carbonyl (C=O) groups is 2. The van der Waals surface area contributed by atoms with Crippen LogP contribution in [0.4, 0.5) is 0 Å². The van der Waals surface area contributed by atoms with Gasteiger partial charge in [-0.1, -0.05) is 13.8 Å². The highest BCUT2D eigenvalue weighted by molar-refractivity contribution is 5.92. The van der Waals surface area contributed by atoms with Gasteiger partial charge in [0.1, 0.15) is 12.4 Å². The summed E-state index contributed by atoms with van der Waals surface area (Å²) in [6.07, 6.45) is 0. The highest BCUT2D eigenvalue weighted by Crippen LogP contribution is 2.17. The first kappa shape index (κ1) is 15.0.